The Balaban J connectivity index is 1.67. The van der Waals surface area contributed by atoms with Crippen LogP contribution < -0.4 is 5.32 Å². The lowest BCUT2D eigenvalue weighted by Gasteiger charge is -2.17. The molecule has 0 saturated carbocycles. The lowest BCUT2D eigenvalue weighted by Crippen LogP contribution is -2.30. The summed E-state index contributed by atoms with van der Waals surface area (Å²) < 4.78 is 15.8. The molecule has 0 spiro atoms. The molecule has 3 aromatic rings. The second kappa shape index (κ2) is 8.35. The molecule has 2 aromatic carbocycles. The lowest BCUT2D eigenvalue weighted by atomic mass is 10.2. The SMILES string of the molecule is Cc1ccc(NC(=O)CN(C)Cc2c(C)nn(-c3ccccc3)c2C)c(F)c1. The molecule has 1 aromatic heterocycles. The summed E-state index contributed by atoms with van der Waals surface area (Å²) in [5, 5.41) is 7.28. The Labute approximate surface area is 164 Å². The van der Waals surface area contributed by atoms with Crippen molar-refractivity contribution in [2.24, 2.45) is 0 Å². The molecule has 0 saturated heterocycles. The van der Waals surface area contributed by atoms with Crippen LogP contribution in [0.3, 0.4) is 0 Å². The van der Waals surface area contributed by atoms with E-state index in [0.29, 0.717) is 6.54 Å². The topological polar surface area (TPSA) is 50.2 Å². The molecule has 1 amide bonds. The Morgan fingerprint density at radius 1 is 1.14 bits per heavy atom. The van der Waals surface area contributed by atoms with Crippen molar-refractivity contribution in [3.05, 3.63) is 76.9 Å². The van der Waals surface area contributed by atoms with Crippen molar-refractivity contribution in [1.82, 2.24) is 14.7 Å². The van der Waals surface area contributed by atoms with Crippen molar-refractivity contribution in [3.8, 4) is 5.69 Å². The Hall–Kier alpha value is -2.99. The number of hydrogen-bond donors (Lipinski definition) is 1. The summed E-state index contributed by atoms with van der Waals surface area (Å²) in [5.74, 6) is -0.678. The number of anilines is 1. The number of nitrogens with zero attached hydrogens (tertiary/aromatic N) is 3. The summed E-state index contributed by atoms with van der Waals surface area (Å²) in [4.78, 5) is 14.2. The number of hydrogen-bond acceptors (Lipinski definition) is 3. The van der Waals surface area contributed by atoms with Gasteiger partial charge in [-0.3, -0.25) is 9.69 Å². The first kappa shape index (κ1) is 19.8. The first-order valence-corrected chi connectivity index (χ1v) is 9.20. The lowest BCUT2D eigenvalue weighted by molar-refractivity contribution is -0.117. The zero-order valence-corrected chi connectivity index (χ0v) is 16.7. The number of nitrogens with one attached hydrogen (secondary N) is 1. The average molecular weight is 380 g/mol. The predicted octanol–water partition coefficient (Wildman–Crippen LogP) is 4.01. The van der Waals surface area contributed by atoms with Gasteiger partial charge in [-0.2, -0.15) is 5.10 Å². The molecule has 1 heterocycles. The van der Waals surface area contributed by atoms with Crippen molar-refractivity contribution in [2.75, 3.05) is 18.9 Å². The normalized spacial score (nSPS) is 11.1. The van der Waals surface area contributed by atoms with E-state index in [-0.39, 0.29) is 18.1 Å². The molecule has 0 bridgehead atoms. The van der Waals surface area contributed by atoms with Crippen LogP contribution in [0.2, 0.25) is 0 Å². The van der Waals surface area contributed by atoms with Crippen LogP contribution in [-0.4, -0.2) is 34.2 Å². The molecular formula is C22H25FN4O. The van der Waals surface area contributed by atoms with Gasteiger partial charge >= 0.3 is 0 Å². The number of amides is 1. The van der Waals surface area contributed by atoms with E-state index in [1.807, 2.05) is 67.7 Å². The van der Waals surface area contributed by atoms with Crippen molar-refractivity contribution in [1.29, 1.82) is 0 Å². The van der Waals surface area contributed by atoms with E-state index in [4.69, 9.17) is 0 Å². The molecular weight excluding hydrogens is 355 g/mol. The van der Waals surface area contributed by atoms with Gasteiger partial charge in [-0.05, 0) is 57.6 Å². The largest absolute Gasteiger partial charge is 0.322 e. The first-order chi connectivity index (χ1) is 13.3. The van der Waals surface area contributed by atoms with E-state index in [1.165, 1.54) is 6.07 Å². The van der Waals surface area contributed by atoms with Gasteiger partial charge < -0.3 is 5.32 Å². The second-order valence-electron chi connectivity index (χ2n) is 7.10. The molecule has 146 valence electrons. The van der Waals surface area contributed by atoms with E-state index in [9.17, 15) is 9.18 Å². The standard InChI is InChI=1S/C22H25FN4O/c1-15-10-11-21(20(23)12-15)24-22(28)14-26(4)13-19-16(2)25-27(17(19)3)18-8-6-5-7-9-18/h5-12H,13-14H2,1-4H3,(H,24,28). The van der Waals surface area contributed by atoms with Crippen LogP contribution in [0.15, 0.2) is 48.5 Å². The van der Waals surface area contributed by atoms with E-state index in [2.05, 4.69) is 10.4 Å². The van der Waals surface area contributed by atoms with Gasteiger partial charge in [-0.1, -0.05) is 24.3 Å². The summed E-state index contributed by atoms with van der Waals surface area (Å²) in [5.41, 5.74) is 5.08. The molecule has 0 aliphatic rings. The number of likely N-dealkylation sites (N-methyl/N-ethyl adjacent to an activating group) is 1. The number of benzene rings is 2. The average Bonchev–Trinajstić information content (AvgIpc) is 2.93. The highest BCUT2D eigenvalue weighted by Crippen LogP contribution is 2.19. The van der Waals surface area contributed by atoms with Gasteiger partial charge in [0.2, 0.25) is 5.91 Å². The summed E-state index contributed by atoms with van der Waals surface area (Å²) in [6, 6.07) is 14.7. The van der Waals surface area contributed by atoms with Crippen LogP contribution in [0.1, 0.15) is 22.5 Å². The van der Waals surface area contributed by atoms with Gasteiger partial charge in [-0.15, -0.1) is 0 Å². The fourth-order valence-electron chi connectivity index (χ4n) is 3.21. The van der Waals surface area contributed by atoms with Crippen molar-refractivity contribution in [2.45, 2.75) is 27.3 Å². The number of carbonyl (C=O) groups excluding carboxylic acids is 1. The maximum Gasteiger partial charge on any atom is 0.238 e. The van der Waals surface area contributed by atoms with Gasteiger partial charge in [0.25, 0.3) is 0 Å². The molecule has 0 fully saturated rings. The van der Waals surface area contributed by atoms with Crippen molar-refractivity contribution in [3.63, 3.8) is 0 Å². The van der Waals surface area contributed by atoms with Crippen LogP contribution in [0.5, 0.6) is 0 Å². The van der Waals surface area contributed by atoms with Gasteiger partial charge in [0.05, 0.1) is 23.6 Å². The van der Waals surface area contributed by atoms with Gasteiger partial charge in [-0.25, -0.2) is 9.07 Å². The zero-order valence-electron chi connectivity index (χ0n) is 16.7. The van der Waals surface area contributed by atoms with Crippen LogP contribution in [0, 0.1) is 26.6 Å². The monoisotopic (exact) mass is 380 g/mol. The summed E-state index contributed by atoms with van der Waals surface area (Å²) >= 11 is 0. The van der Waals surface area contributed by atoms with Crippen LogP contribution >= 0.6 is 0 Å². The quantitative estimate of drug-likeness (QED) is 0.703. The summed E-state index contributed by atoms with van der Waals surface area (Å²) in [7, 11) is 1.86. The van der Waals surface area contributed by atoms with Gasteiger partial charge in [0.1, 0.15) is 5.82 Å². The molecule has 0 radical (unpaired) electrons. The number of halogens is 1. The van der Waals surface area contributed by atoms with Crippen LogP contribution in [0.25, 0.3) is 5.69 Å². The third-order valence-electron chi connectivity index (χ3n) is 4.68. The van der Waals surface area contributed by atoms with E-state index in [1.54, 1.807) is 12.1 Å². The molecule has 0 aliphatic carbocycles. The number of aryl methyl sites for hydroxylation is 2. The zero-order chi connectivity index (χ0) is 20.3. The summed E-state index contributed by atoms with van der Waals surface area (Å²) in [6.07, 6.45) is 0. The minimum atomic E-state index is -0.424. The van der Waals surface area contributed by atoms with E-state index < -0.39 is 5.82 Å². The second-order valence-corrected chi connectivity index (χ2v) is 7.10. The molecule has 0 aliphatic heterocycles. The smallest absolute Gasteiger partial charge is 0.238 e. The highest BCUT2D eigenvalue weighted by Gasteiger charge is 2.16. The minimum absolute atomic E-state index is 0.155. The number of carbonyl (C=O) groups is 1. The molecule has 3 rings (SSSR count). The molecule has 6 heteroatoms. The number of para-hydroxylation sites is 1. The third kappa shape index (κ3) is 4.46. The van der Waals surface area contributed by atoms with Gasteiger partial charge in [0, 0.05) is 17.8 Å². The molecule has 1 N–H and O–H groups in total. The predicted molar refractivity (Wildman–Crippen MR) is 109 cm³/mol. The Kier molecular flexibility index (Phi) is 5.90. The fourth-order valence-corrected chi connectivity index (χ4v) is 3.21. The highest BCUT2D eigenvalue weighted by atomic mass is 19.1. The van der Waals surface area contributed by atoms with Crippen LogP contribution in [-0.2, 0) is 11.3 Å². The Morgan fingerprint density at radius 3 is 2.54 bits per heavy atom. The maximum atomic E-state index is 13.9. The number of aromatic nitrogens is 2. The summed E-state index contributed by atoms with van der Waals surface area (Å²) in [6.45, 7) is 6.54. The Morgan fingerprint density at radius 2 is 1.86 bits per heavy atom. The Bertz CT molecular complexity index is 982. The first-order valence-electron chi connectivity index (χ1n) is 9.20. The minimum Gasteiger partial charge on any atom is -0.322 e. The fraction of sp³-hybridized carbons (Fsp3) is 0.273. The maximum absolute atomic E-state index is 13.9. The van der Waals surface area contributed by atoms with E-state index >= 15 is 0 Å². The van der Waals surface area contributed by atoms with E-state index in [0.717, 1.165) is 28.2 Å². The number of rotatable bonds is 6. The van der Waals surface area contributed by atoms with Crippen LogP contribution in [0.4, 0.5) is 10.1 Å². The highest BCUT2D eigenvalue weighted by molar-refractivity contribution is 5.92. The molecule has 0 atom stereocenters. The molecule has 28 heavy (non-hydrogen) atoms. The third-order valence-corrected chi connectivity index (χ3v) is 4.68. The molecule has 0 unspecified atom stereocenters. The van der Waals surface area contributed by atoms with Gasteiger partial charge in [0.15, 0.2) is 0 Å². The van der Waals surface area contributed by atoms with Crippen molar-refractivity contribution < 1.29 is 9.18 Å². The van der Waals surface area contributed by atoms with Crippen molar-refractivity contribution >= 4 is 11.6 Å². The molecule has 5 nitrogen and oxygen atoms in total.